The van der Waals surface area contributed by atoms with Crippen LogP contribution in [0.3, 0.4) is 0 Å². The number of hydrogen-bond donors (Lipinski definition) is 2. The third-order valence-electron chi connectivity index (χ3n) is 7.39. The second kappa shape index (κ2) is 12.5. The number of nitrogens with zero attached hydrogens (tertiary/aromatic N) is 2. The van der Waals surface area contributed by atoms with Gasteiger partial charge in [-0.05, 0) is 105 Å². The number of hydrogen-bond acceptors (Lipinski definition) is 5. The minimum absolute atomic E-state index is 0.0869. The number of aliphatic hydroxyl groups excluding tert-OH is 1. The van der Waals surface area contributed by atoms with Crippen molar-refractivity contribution >= 4 is 28.5 Å². The van der Waals surface area contributed by atoms with E-state index in [4.69, 9.17) is 16.3 Å². The summed E-state index contributed by atoms with van der Waals surface area (Å²) in [6.07, 6.45) is 5.57. The summed E-state index contributed by atoms with van der Waals surface area (Å²) in [6.45, 7) is 2.70. The lowest BCUT2D eigenvalue weighted by Gasteiger charge is -2.38. The first-order valence-corrected chi connectivity index (χ1v) is 13.1. The van der Waals surface area contributed by atoms with Crippen molar-refractivity contribution < 1.29 is 19.7 Å². The van der Waals surface area contributed by atoms with Crippen molar-refractivity contribution in [2.24, 2.45) is 11.8 Å². The van der Waals surface area contributed by atoms with Crippen LogP contribution >= 0.6 is 11.6 Å². The number of aromatic nitrogens is 1. The van der Waals surface area contributed by atoms with Crippen molar-refractivity contribution in [1.29, 1.82) is 0 Å². The molecule has 4 rings (SSSR count). The Bertz CT molecular complexity index is 1170. The lowest BCUT2D eigenvalue weighted by atomic mass is 9.79. The zero-order valence-corrected chi connectivity index (χ0v) is 21.5. The van der Waals surface area contributed by atoms with Crippen LogP contribution in [0.5, 0.6) is 5.75 Å². The predicted molar refractivity (Wildman–Crippen MR) is 143 cm³/mol. The third kappa shape index (κ3) is 6.96. The molecule has 1 saturated heterocycles. The number of aliphatic hydroxyl groups is 1. The van der Waals surface area contributed by atoms with Crippen LogP contribution in [0.1, 0.15) is 49.3 Å². The molecule has 192 valence electrons. The lowest BCUT2D eigenvalue weighted by molar-refractivity contribution is -0.139. The van der Waals surface area contributed by atoms with E-state index in [9.17, 15) is 15.0 Å². The number of piperidine rings is 1. The highest BCUT2D eigenvalue weighted by Crippen LogP contribution is 2.35. The van der Waals surface area contributed by atoms with Gasteiger partial charge in [-0.1, -0.05) is 23.7 Å². The summed E-state index contributed by atoms with van der Waals surface area (Å²) in [7, 11) is 1.62. The van der Waals surface area contributed by atoms with Crippen LogP contribution in [0, 0.1) is 11.8 Å². The molecule has 0 aliphatic carbocycles. The number of carboxylic acid groups (broad SMARTS) is 1. The second-order valence-electron chi connectivity index (χ2n) is 9.82. The van der Waals surface area contributed by atoms with Gasteiger partial charge in [-0.25, -0.2) is 0 Å². The number of benzene rings is 2. The van der Waals surface area contributed by atoms with Crippen molar-refractivity contribution in [3.63, 3.8) is 0 Å². The Labute approximate surface area is 217 Å². The smallest absolute Gasteiger partial charge is 0.303 e. The van der Waals surface area contributed by atoms with Gasteiger partial charge in [-0.3, -0.25) is 9.78 Å². The number of methoxy groups -OCH3 is 1. The zero-order chi connectivity index (χ0) is 25.5. The van der Waals surface area contributed by atoms with Crippen molar-refractivity contribution in [3.05, 3.63) is 70.9 Å². The lowest BCUT2D eigenvalue weighted by Crippen LogP contribution is -2.42. The van der Waals surface area contributed by atoms with Gasteiger partial charge in [0.15, 0.2) is 0 Å². The van der Waals surface area contributed by atoms with Crippen molar-refractivity contribution in [2.45, 2.75) is 44.6 Å². The van der Waals surface area contributed by atoms with E-state index in [1.54, 1.807) is 13.3 Å². The van der Waals surface area contributed by atoms with E-state index in [1.165, 1.54) is 5.56 Å². The summed E-state index contributed by atoms with van der Waals surface area (Å²) in [5.74, 6) is 0.346. The van der Waals surface area contributed by atoms with Gasteiger partial charge in [0.2, 0.25) is 0 Å². The molecule has 1 aromatic heterocycles. The monoisotopic (exact) mass is 510 g/mol. The molecule has 36 heavy (non-hydrogen) atoms. The SMILES string of the molecule is COc1ccc2nccc(C(O)CC[C@@H]3CCN(CCCc4cccc(Cl)c4)C[C@@H]3CC(=O)O)c2c1. The average molecular weight is 511 g/mol. The Morgan fingerprint density at radius 2 is 2.08 bits per heavy atom. The average Bonchev–Trinajstić information content (AvgIpc) is 2.87. The molecular formula is C29H35ClN2O4. The van der Waals surface area contributed by atoms with Crippen LogP contribution in [0.25, 0.3) is 10.9 Å². The van der Waals surface area contributed by atoms with Crippen molar-refractivity contribution in [1.82, 2.24) is 9.88 Å². The number of likely N-dealkylation sites (tertiary alicyclic amines) is 1. The fourth-order valence-corrected chi connectivity index (χ4v) is 5.70. The normalized spacial score (nSPS) is 19.3. The van der Waals surface area contributed by atoms with E-state index in [0.29, 0.717) is 6.42 Å². The van der Waals surface area contributed by atoms with Gasteiger partial charge in [-0.15, -0.1) is 0 Å². The summed E-state index contributed by atoms with van der Waals surface area (Å²) in [6, 6.07) is 15.5. The number of ether oxygens (including phenoxy) is 1. The Morgan fingerprint density at radius 3 is 2.86 bits per heavy atom. The van der Waals surface area contributed by atoms with Crippen molar-refractivity contribution in [2.75, 3.05) is 26.7 Å². The number of carbonyl (C=O) groups is 1. The molecule has 7 heteroatoms. The molecule has 1 aliphatic heterocycles. The molecule has 0 amide bonds. The summed E-state index contributed by atoms with van der Waals surface area (Å²) < 4.78 is 5.36. The van der Waals surface area contributed by atoms with E-state index in [2.05, 4.69) is 16.0 Å². The van der Waals surface area contributed by atoms with E-state index in [1.807, 2.05) is 42.5 Å². The van der Waals surface area contributed by atoms with Crippen LogP contribution in [0.15, 0.2) is 54.7 Å². The Kier molecular flexibility index (Phi) is 9.19. The number of pyridine rings is 1. The predicted octanol–water partition coefficient (Wildman–Crippen LogP) is 5.76. The maximum Gasteiger partial charge on any atom is 0.303 e. The van der Waals surface area contributed by atoms with Crippen LogP contribution < -0.4 is 4.74 Å². The Balaban J connectivity index is 1.34. The molecule has 3 aromatic rings. The van der Waals surface area contributed by atoms with Gasteiger partial charge in [0.05, 0.1) is 18.7 Å². The molecule has 1 unspecified atom stereocenters. The molecule has 2 heterocycles. The maximum absolute atomic E-state index is 11.6. The molecule has 3 atom stereocenters. The fourth-order valence-electron chi connectivity index (χ4n) is 5.49. The second-order valence-corrected chi connectivity index (χ2v) is 10.3. The maximum atomic E-state index is 11.6. The molecule has 1 fully saturated rings. The summed E-state index contributed by atoms with van der Waals surface area (Å²) in [5, 5.41) is 22.3. The highest BCUT2D eigenvalue weighted by molar-refractivity contribution is 6.30. The van der Waals surface area contributed by atoms with E-state index in [-0.39, 0.29) is 18.3 Å². The molecular weight excluding hydrogens is 476 g/mol. The first-order valence-electron chi connectivity index (χ1n) is 12.7. The summed E-state index contributed by atoms with van der Waals surface area (Å²) >= 11 is 6.10. The van der Waals surface area contributed by atoms with Gasteiger partial charge in [0.25, 0.3) is 0 Å². The number of halogens is 1. The van der Waals surface area contributed by atoms with Crippen molar-refractivity contribution in [3.8, 4) is 5.75 Å². The topological polar surface area (TPSA) is 82.9 Å². The summed E-state index contributed by atoms with van der Waals surface area (Å²) in [5.41, 5.74) is 2.89. The standard InChI is InChI=1S/C29H35ClN2O4/c1-36-24-8-9-27-26(18-24)25(11-13-31-27)28(33)10-7-21-12-15-32(19-22(21)17-29(34)35)14-3-5-20-4-2-6-23(30)16-20/h2,4,6,8-9,11,13,16,18,21-22,28,33H,3,5,7,10,12,14-15,17,19H2,1H3,(H,34,35)/t21-,22+,28?/m1/s1. The minimum Gasteiger partial charge on any atom is -0.497 e. The fraction of sp³-hybridized carbons (Fsp3) is 0.448. The van der Waals surface area contributed by atoms with Gasteiger partial charge < -0.3 is 19.8 Å². The highest BCUT2D eigenvalue weighted by Gasteiger charge is 2.31. The molecule has 0 saturated carbocycles. The highest BCUT2D eigenvalue weighted by atomic mass is 35.5. The van der Waals surface area contributed by atoms with Crippen LogP contribution in [-0.2, 0) is 11.2 Å². The molecule has 0 radical (unpaired) electrons. The quantitative estimate of drug-likeness (QED) is 0.341. The van der Waals surface area contributed by atoms with Crippen LogP contribution in [-0.4, -0.2) is 52.8 Å². The molecule has 2 N–H and O–H groups in total. The Morgan fingerprint density at radius 1 is 1.22 bits per heavy atom. The molecule has 1 aliphatic rings. The first kappa shape index (κ1) is 26.4. The molecule has 6 nitrogen and oxygen atoms in total. The van der Waals surface area contributed by atoms with Gasteiger partial charge in [-0.2, -0.15) is 0 Å². The number of carboxylic acids is 1. The first-order chi connectivity index (χ1) is 17.4. The van der Waals surface area contributed by atoms with Crippen LogP contribution in [0.2, 0.25) is 5.02 Å². The van der Waals surface area contributed by atoms with E-state index in [0.717, 1.165) is 72.6 Å². The van der Waals surface area contributed by atoms with Crippen LogP contribution in [0.4, 0.5) is 0 Å². The summed E-state index contributed by atoms with van der Waals surface area (Å²) in [4.78, 5) is 18.4. The van der Waals surface area contributed by atoms with E-state index >= 15 is 0 Å². The van der Waals surface area contributed by atoms with Gasteiger partial charge in [0, 0.05) is 29.6 Å². The number of aliphatic carboxylic acids is 1. The Hall–Kier alpha value is -2.67. The molecule has 0 spiro atoms. The molecule has 2 aromatic carbocycles. The largest absolute Gasteiger partial charge is 0.497 e. The van der Waals surface area contributed by atoms with E-state index < -0.39 is 12.1 Å². The third-order valence-corrected chi connectivity index (χ3v) is 7.63. The number of aryl methyl sites for hydroxylation is 1. The zero-order valence-electron chi connectivity index (χ0n) is 20.8. The molecule has 0 bridgehead atoms. The van der Waals surface area contributed by atoms with Gasteiger partial charge >= 0.3 is 5.97 Å². The van der Waals surface area contributed by atoms with Gasteiger partial charge in [0.1, 0.15) is 5.75 Å². The number of fused-ring (bicyclic) bond motifs is 1. The number of rotatable bonds is 11. The minimum atomic E-state index is -0.751.